The summed E-state index contributed by atoms with van der Waals surface area (Å²) in [5.74, 6) is -2.62. The molecule has 0 radical (unpaired) electrons. The van der Waals surface area contributed by atoms with E-state index in [1.54, 1.807) is 0 Å². The van der Waals surface area contributed by atoms with Crippen molar-refractivity contribution in [3.05, 3.63) is 40.8 Å². The fourth-order valence-electron chi connectivity index (χ4n) is 1.57. The van der Waals surface area contributed by atoms with Crippen LogP contribution in [-0.2, 0) is 9.59 Å². The maximum absolute atomic E-state index is 12.8. The first-order chi connectivity index (χ1) is 9.02. The predicted molar refractivity (Wildman–Crippen MR) is 70.5 cm³/mol. The summed E-state index contributed by atoms with van der Waals surface area (Å²) in [4.78, 5) is 22.0. The van der Waals surface area contributed by atoms with Crippen molar-refractivity contribution in [1.82, 2.24) is 0 Å². The highest BCUT2D eigenvalue weighted by Crippen LogP contribution is 2.27. The van der Waals surface area contributed by atoms with Gasteiger partial charge in [-0.1, -0.05) is 15.9 Å². The minimum absolute atomic E-state index is 0.297. The third-order valence-electron chi connectivity index (χ3n) is 2.50. The molecule has 0 saturated carbocycles. The van der Waals surface area contributed by atoms with Crippen molar-refractivity contribution < 1.29 is 19.1 Å². The van der Waals surface area contributed by atoms with E-state index in [9.17, 15) is 14.0 Å². The Hall–Kier alpha value is -2.02. The molecule has 0 aromatic heterocycles. The van der Waals surface area contributed by atoms with Crippen molar-refractivity contribution in [2.24, 2.45) is 11.0 Å². The van der Waals surface area contributed by atoms with Crippen LogP contribution in [0.2, 0.25) is 0 Å². The Morgan fingerprint density at radius 1 is 1.42 bits per heavy atom. The molecule has 1 aliphatic heterocycles. The zero-order valence-corrected chi connectivity index (χ0v) is 11.0. The summed E-state index contributed by atoms with van der Waals surface area (Å²) in [6, 6.07) is 5.38. The summed E-state index contributed by atoms with van der Waals surface area (Å²) in [6.45, 7) is 0. The molecule has 1 unspecified atom stereocenters. The number of hydrogen-bond acceptors (Lipinski definition) is 4. The minimum atomic E-state index is -1.28. The number of carboxylic acids is 1. The summed E-state index contributed by atoms with van der Waals surface area (Å²) >= 11 is 3.15. The predicted octanol–water partition coefficient (Wildman–Crippen LogP) is 2.14. The van der Waals surface area contributed by atoms with Gasteiger partial charge in [-0.25, -0.2) is 14.2 Å². The largest absolute Gasteiger partial charge is 0.477 e. The third-order valence-corrected chi connectivity index (χ3v) is 3.20. The lowest BCUT2D eigenvalue weighted by atomic mass is 10.0. The standard InChI is InChI=1S/C12H8BrFN2O3/c13-10-5-16(8-3-1-7(14)2-4-8)15-11(12(18)19)9(10)6-17/h1-6,9H,(H,18,19). The van der Waals surface area contributed by atoms with Crippen LogP contribution in [0.15, 0.2) is 40.0 Å². The number of carbonyl (C=O) groups is 2. The van der Waals surface area contributed by atoms with Gasteiger partial charge in [0.05, 0.1) is 11.6 Å². The van der Waals surface area contributed by atoms with E-state index in [1.165, 1.54) is 35.5 Å². The number of allylic oxidation sites excluding steroid dienone is 1. The molecule has 1 atom stereocenters. The number of aldehydes is 1. The molecule has 2 rings (SSSR count). The maximum Gasteiger partial charge on any atom is 0.353 e. The van der Waals surface area contributed by atoms with E-state index in [1.807, 2.05) is 0 Å². The third kappa shape index (κ3) is 2.70. The normalized spacial score (nSPS) is 18.6. The van der Waals surface area contributed by atoms with Crippen LogP contribution in [0.5, 0.6) is 0 Å². The van der Waals surface area contributed by atoms with Crippen molar-refractivity contribution in [3.8, 4) is 0 Å². The van der Waals surface area contributed by atoms with E-state index in [4.69, 9.17) is 5.11 Å². The Morgan fingerprint density at radius 3 is 2.58 bits per heavy atom. The van der Waals surface area contributed by atoms with Gasteiger partial charge in [0.2, 0.25) is 0 Å². The number of anilines is 1. The monoisotopic (exact) mass is 326 g/mol. The van der Waals surface area contributed by atoms with E-state index in [2.05, 4.69) is 21.0 Å². The van der Waals surface area contributed by atoms with Gasteiger partial charge >= 0.3 is 5.97 Å². The van der Waals surface area contributed by atoms with Gasteiger partial charge in [0.25, 0.3) is 0 Å². The molecule has 0 spiro atoms. The van der Waals surface area contributed by atoms with Gasteiger partial charge in [0.15, 0.2) is 5.71 Å². The molecule has 0 amide bonds. The molecule has 1 heterocycles. The van der Waals surface area contributed by atoms with E-state index in [-0.39, 0.29) is 5.71 Å². The summed E-state index contributed by atoms with van der Waals surface area (Å²) in [6.07, 6.45) is 1.97. The number of carbonyl (C=O) groups excluding carboxylic acids is 1. The average Bonchev–Trinajstić information content (AvgIpc) is 2.38. The molecule has 1 aromatic rings. The molecular formula is C12H8BrFN2O3. The molecular weight excluding hydrogens is 319 g/mol. The minimum Gasteiger partial charge on any atom is -0.477 e. The summed E-state index contributed by atoms with van der Waals surface area (Å²) in [7, 11) is 0. The van der Waals surface area contributed by atoms with E-state index in [0.717, 1.165) is 0 Å². The SMILES string of the molecule is O=CC1C(Br)=CN(c2ccc(F)cc2)N=C1C(=O)O. The van der Waals surface area contributed by atoms with Gasteiger partial charge in [-0.15, -0.1) is 0 Å². The quantitative estimate of drug-likeness (QED) is 0.864. The molecule has 0 saturated heterocycles. The fraction of sp³-hybridized carbons (Fsp3) is 0.0833. The number of hydrogen-bond donors (Lipinski definition) is 1. The number of hydrazone groups is 1. The Bertz CT molecular complexity index is 583. The number of aliphatic carboxylic acids is 1. The van der Waals surface area contributed by atoms with Crippen LogP contribution in [0.1, 0.15) is 0 Å². The van der Waals surface area contributed by atoms with Crippen molar-refractivity contribution in [1.29, 1.82) is 0 Å². The Kier molecular flexibility index (Phi) is 3.75. The van der Waals surface area contributed by atoms with Crippen LogP contribution < -0.4 is 5.01 Å². The van der Waals surface area contributed by atoms with Gasteiger partial charge in [0, 0.05) is 10.7 Å². The first-order valence-corrected chi connectivity index (χ1v) is 6.01. The fourth-order valence-corrected chi connectivity index (χ4v) is 2.08. The van der Waals surface area contributed by atoms with Gasteiger partial charge in [0.1, 0.15) is 12.1 Å². The van der Waals surface area contributed by atoms with Crippen LogP contribution in [0.25, 0.3) is 0 Å². The number of rotatable bonds is 3. The first-order valence-electron chi connectivity index (χ1n) is 5.22. The van der Waals surface area contributed by atoms with Crippen LogP contribution in [0, 0.1) is 11.7 Å². The van der Waals surface area contributed by atoms with Crippen molar-refractivity contribution in [2.75, 3.05) is 5.01 Å². The summed E-state index contributed by atoms with van der Waals surface area (Å²) < 4.78 is 13.2. The molecule has 5 nitrogen and oxygen atoms in total. The molecule has 19 heavy (non-hydrogen) atoms. The van der Waals surface area contributed by atoms with Gasteiger partial charge < -0.3 is 9.90 Å². The van der Waals surface area contributed by atoms with Gasteiger partial charge in [-0.3, -0.25) is 0 Å². The molecule has 0 bridgehead atoms. The number of carboxylic acid groups (broad SMARTS) is 1. The smallest absolute Gasteiger partial charge is 0.353 e. The summed E-state index contributed by atoms with van der Waals surface area (Å²) in [5, 5.41) is 14.2. The second-order valence-corrected chi connectivity index (χ2v) is 4.65. The van der Waals surface area contributed by atoms with E-state index >= 15 is 0 Å². The topological polar surface area (TPSA) is 70.0 Å². The molecule has 0 aliphatic carbocycles. The zero-order valence-electron chi connectivity index (χ0n) is 9.46. The zero-order chi connectivity index (χ0) is 14.0. The number of benzene rings is 1. The van der Waals surface area contributed by atoms with Crippen LogP contribution >= 0.6 is 15.9 Å². The van der Waals surface area contributed by atoms with E-state index in [0.29, 0.717) is 16.5 Å². The van der Waals surface area contributed by atoms with Gasteiger partial charge in [-0.2, -0.15) is 5.10 Å². The lowest BCUT2D eigenvalue weighted by molar-refractivity contribution is -0.130. The lowest BCUT2D eigenvalue weighted by Gasteiger charge is -2.23. The Labute approximate surface area is 116 Å². The highest BCUT2D eigenvalue weighted by atomic mass is 79.9. The molecule has 0 fully saturated rings. The lowest BCUT2D eigenvalue weighted by Crippen LogP contribution is -2.32. The Morgan fingerprint density at radius 2 is 2.05 bits per heavy atom. The van der Waals surface area contributed by atoms with Gasteiger partial charge in [-0.05, 0) is 24.3 Å². The molecule has 98 valence electrons. The van der Waals surface area contributed by atoms with Crippen LogP contribution in [-0.4, -0.2) is 23.1 Å². The second-order valence-electron chi connectivity index (χ2n) is 3.74. The van der Waals surface area contributed by atoms with Crippen molar-refractivity contribution in [2.45, 2.75) is 0 Å². The Balaban J connectivity index is 2.42. The van der Waals surface area contributed by atoms with E-state index < -0.39 is 17.7 Å². The highest BCUT2D eigenvalue weighted by Gasteiger charge is 2.30. The number of nitrogens with zero attached hydrogens (tertiary/aromatic N) is 2. The molecule has 1 N–H and O–H groups in total. The average molecular weight is 327 g/mol. The van der Waals surface area contributed by atoms with Crippen LogP contribution in [0.3, 0.4) is 0 Å². The molecule has 1 aromatic carbocycles. The van der Waals surface area contributed by atoms with Crippen molar-refractivity contribution in [3.63, 3.8) is 0 Å². The van der Waals surface area contributed by atoms with Crippen molar-refractivity contribution >= 4 is 39.6 Å². The second kappa shape index (κ2) is 5.31. The molecule has 1 aliphatic rings. The maximum atomic E-state index is 12.8. The summed E-state index contributed by atoms with van der Waals surface area (Å²) in [5.41, 5.74) is 0.190. The molecule has 7 heteroatoms. The van der Waals surface area contributed by atoms with Crippen LogP contribution in [0.4, 0.5) is 10.1 Å². The first kappa shape index (κ1) is 13.4. The highest BCUT2D eigenvalue weighted by molar-refractivity contribution is 9.11. The number of halogens is 2.